The lowest BCUT2D eigenvalue weighted by atomic mass is 9.99. The predicted molar refractivity (Wildman–Crippen MR) is 156 cm³/mol. The van der Waals surface area contributed by atoms with Gasteiger partial charge in [-0.1, -0.05) is 50.6 Å². The molecule has 5 rings (SSSR count). The highest BCUT2D eigenvalue weighted by Gasteiger charge is 2.41. The summed E-state index contributed by atoms with van der Waals surface area (Å²) in [6.07, 6.45) is 2.41. The normalized spacial score (nSPS) is 13.9. The number of fused-ring (bicyclic) bond motifs is 3. The van der Waals surface area contributed by atoms with Gasteiger partial charge in [0, 0.05) is 18.5 Å². The molecule has 41 heavy (non-hydrogen) atoms. The monoisotopic (exact) mass is 564 g/mol. The number of carbonyl (C=O) groups is 2. The van der Waals surface area contributed by atoms with Crippen LogP contribution >= 0.6 is 0 Å². The Bertz CT molecular complexity index is 1630. The van der Waals surface area contributed by atoms with Gasteiger partial charge >= 0.3 is 0 Å². The Morgan fingerprint density at radius 1 is 1.15 bits per heavy atom. The van der Waals surface area contributed by atoms with Gasteiger partial charge in [0.15, 0.2) is 0 Å². The topological polar surface area (TPSA) is 111 Å². The van der Waals surface area contributed by atoms with Crippen LogP contribution in [0, 0.1) is 6.92 Å². The molecule has 1 saturated heterocycles. The minimum atomic E-state index is -1.45. The number of nitrogens with zero attached hydrogens (tertiary/aromatic N) is 5. The summed E-state index contributed by atoms with van der Waals surface area (Å²) in [6, 6.07) is 9.54. The Labute approximate surface area is 238 Å². The van der Waals surface area contributed by atoms with Crippen LogP contribution in [0.2, 0.25) is 0 Å². The van der Waals surface area contributed by atoms with Crippen molar-refractivity contribution in [3.63, 3.8) is 0 Å². The van der Waals surface area contributed by atoms with Crippen LogP contribution < -0.4 is 15.6 Å². The first-order chi connectivity index (χ1) is 19.6. The molecule has 1 N–H and O–H groups in total. The summed E-state index contributed by atoms with van der Waals surface area (Å²) in [7, 11) is 1.52. The molecule has 11 heteroatoms. The lowest BCUT2D eigenvalue weighted by molar-refractivity contribution is -0.144. The molecule has 0 atom stereocenters. The lowest BCUT2D eigenvalue weighted by Crippen LogP contribution is -2.60. The van der Waals surface area contributed by atoms with E-state index in [2.05, 4.69) is 15.3 Å². The van der Waals surface area contributed by atoms with Crippen LogP contribution in [0.25, 0.3) is 22.1 Å². The minimum Gasteiger partial charge on any atom is -0.468 e. The first-order valence-electron chi connectivity index (χ1n) is 13.9. The molecular weight excluding hydrogens is 527 g/mol. The third kappa shape index (κ3) is 5.94. The number of aromatic nitrogens is 4. The molecule has 0 saturated carbocycles. The van der Waals surface area contributed by atoms with E-state index in [9.17, 15) is 18.8 Å². The Balaban J connectivity index is 0.00000189. The second-order valence-electron chi connectivity index (χ2n) is 10.3. The second kappa shape index (κ2) is 12.1. The average molecular weight is 565 g/mol. The summed E-state index contributed by atoms with van der Waals surface area (Å²) in [6.45, 7) is 9.80. The molecule has 10 nitrogen and oxygen atoms in total. The molecule has 4 heterocycles. The van der Waals surface area contributed by atoms with Crippen LogP contribution in [0.3, 0.4) is 0 Å². The van der Waals surface area contributed by atoms with E-state index in [1.54, 1.807) is 6.20 Å². The van der Waals surface area contributed by atoms with E-state index < -0.39 is 23.0 Å². The molecule has 2 amide bonds. The van der Waals surface area contributed by atoms with Gasteiger partial charge in [-0.15, -0.1) is 0 Å². The van der Waals surface area contributed by atoms with Gasteiger partial charge in [0.05, 0.1) is 31.9 Å². The number of ether oxygens (including phenoxy) is 1. The van der Waals surface area contributed by atoms with E-state index in [1.165, 1.54) is 29.6 Å². The van der Waals surface area contributed by atoms with Gasteiger partial charge in [-0.05, 0) is 31.9 Å². The molecule has 1 aliphatic heterocycles. The number of benzene rings is 1. The third-order valence-electron chi connectivity index (χ3n) is 6.93. The number of amides is 2. The first kappa shape index (κ1) is 29.7. The molecular formula is C30H37FN6O4. The van der Waals surface area contributed by atoms with Gasteiger partial charge in [0.2, 0.25) is 5.91 Å². The molecule has 3 aromatic heterocycles. The SMILES string of the molecule is CC.CCCn1c(OC)nc2c3cc(C(=O)NCc4ccc(C)cc4)c(=O)n(CC(=O)N4CC(C)(F)C4)c3ncc21. The third-order valence-corrected chi connectivity index (χ3v) is 6.93. The van der Waals surface area contributed by atoms with E-state index in [-0.39, 0.29) is 37.4 Å². The Kier molecular flexibility index (Phi) is 8.74. The van der Waals surface area contributed by atoms with Crippen LogP contribution in [0.15, 0.2) is 41.3 Å². The van der Waals surface area contributed by atoms with Crippen molar-refractivity contribution >= 4 is 33.9 Å². The zero-order valence-corrected chi connectivity index (χ0v) is 24.5. The fourth-order valence-electron chi connectivity index (χ4n) is 4.92. The zero-order chi connectivity index (χ0) is 29.9. The number of likely N-dealkylation sites (tertiary alicyclic amines) is 1. The summed E-state index contributed by atoms with van der Waals surface area (Å²) in [5.74, 6) is -1.01. The Morgan fingerprint density at radius 3 is 2.44 bits per heavy atom. The Hall–Kier alpha value is -4.28. The van der Waals surface area contributed by atoms with Crippen LogP contribution in [-0.4, -0.2) is 61.7 Å². The van der Waals surface area contributed by atoms with Crippen LogP contribution in [0.4, 0.5) is 4.39 Å². The molecule has 0 aliphatic carbocycles. The summed E-state index contributed by atoms with van der Waals surface area (Å²) >= 11 is 0. The fourth-order valence-corrected chi connectivity index (χ4v) is 4.92. The van der Waals surface area contributed by atoms with Crippen LogP contribution in [0.5, 0.6) is 6.01 Å². The maximum atomic E-state index is 14.1. The number of rotatable bonds is 8. The van der Waals surface area contributed by atoms with Gasteiger partial charge < -0.3 is 15.0 Å². The zero-order valence-electron chi connectivity index (χ0n) is 24.5. The van der Waals surface area contributed by atoms with Gasteiger partial charge in [0.1, 0.15) is 28.9 Å². The van der Waals surface area contributed by atoms with Crippen molar-refractivity contribution in [2.24, 2.45) is 0 Å². The fraction of sp³-hybridized carbons (Fsp3) is 0.433. The van der Waals surface area contributed by atoms with Crippen LogP contribution in [0.1, 0.15) is 55.6 Å². The number of aryl methyl sites for hydroxylation is 2. The van der Waals surface area contributed by atoms with Gasteiger partial charge in [-0.3, -0.25) is 23.5 Å². The predicted octanol–water partition coefficient (Wildman–Crippen LogP) is 4.00. The van der Waals surface area contributed by atoms with Gasteiger partial charge in [-0.2, -0.15) is 4.98 Å². The first-order valence-corrected chi connectivity index (χ1v) is 13.9. The molecule has 0 unspecified atom stereocenters. The quantitative estimate of drug-likeness (QED) is 0.346. The lowest BCUT2D eigenvalue weighted by Gasteiger charge is -2.42. The number of nitrogens with one attached hydrogen (secondary N) is 1. The highest BCUT2D eigenvalue weighted by molar-refractivity contribution is 6.05. The number of hydrogen-bond donors (Lipinski definition) is 1. The summed E-state index contributed by atoms with van der Waals surface area (Å²) in [5.41, 5.74) is 1.11. The van der Waals surface area contributed by atoms with E-state index in [1.807, 2.05) is 56.5 Å². The van der Waals surface area contributed by atoms with E-state index in [0.29, 0.717) is 29.0 Å². The summed E-state index contributed by atoms with van der Waals surface area (Å²) < 4.78 is 22.6. The standard InChI is InChI=1S/C28H31FN6O4.C2H6/c1-5-10-34-21-13-30-24-19(23(21)32-27(34)39-4)11-20(25(37)31-12-18-8-6-17(2)7-9-18)26(38)35(24)14-22(36)33-15-28(3,29)16-33;1-2/h6-9,11,13H,5,10,12,14-16H2,1-4H3,(H,31,37);1-2H3. The van der Waals surface area contributed by atoms with E-state index in [0.717, 1.165) is 17.5 Å². The highest BCUT2D eigenvalue weighted by atomic mass is 19.1. The number of alkyl halides is 1. The molecule has 0 radical (unpaired) electrons. The van der Waals surface area contributed by atoms with Crippen molar-refractivity contribution < 1.29 is 18.7 Å². The van der Waals surface area contributed by atoms with Crippen LogP contribution in [-0.2, 0) is 24.4 Å². The minimum absolute atomic E-state index is 0.0501. The smallest absolute Gasteiger partial charge is 0.297 e. The molecule has 1 fully saturated rings. The average Bonchev–Trinajstić information content (AvgIpc) is 3.31. The number of methoxy groups -OCH3 is 1. The summed E-state index contributed by atoms with van der Waals surface area (Å²) in [4.78, 5) is 50.4. The molecule has 0 spiro atoms. The maximum absolute atomic E-state index is 14.1. The number of hydrogen-bond acceptors (Lipinski definition) is 6. The number of pyridine rings is 2. The molecule has 1 aromatic carbocycles. The van der Waals surface area contributed by atoms with E-state index >= 15 is 0 Å². The molecule has 0 bridgehead atoms. The molecule has 218 valence electrons. The molecule has 1 aliphatic rings. The van der Waals surface area contributed by atoms with Crippen molar-refractivity contribution in [1.82, 2.24) is 29.3 Å². The van der Waals surface area contributed by atoms with Crippen molar-refractivity contribution in [3.05, 3.63) is 63.6 Å². The van der Waals surface area contributed by atoms with Gasteiger partial charge in [0.25, 0.3) is 17.5 Å². The largest absolute Gasteiger partial charge is 0.468 e. The van der Waals surface area contributed by atoms with E-state index in [4.69, 9.17) is 4.74 Å². The Morgan fingerprint density at radius 2 is 1.83 bits per heavy atom. The summed E-state index contributed by atoms with van der Waals surface area (Å²) in [5, 5.41) is 3.24. The van der Waals surface area contributed by atoms with Crippen molar-refractivity contribution in [2.75, 3.05) is 20.2 Å². The highest BCUT2D eigenvalue weighted by Crippen LogP contribution is 2.28. The number of halogens is 1. The molecule has 4 aromatic rings. The second-order valence-corrected chi connectivity index (χ2v) is 10.3. The maximum Gasteiger partial charge on any atom is 0.297 e. The van der Waals surface area contributed by atoms with Crippen molar-refractivity contribution in [2.45, 2.75) is 66.3 Å². The van der Waals surface area contributed by atoms with Crippen molar-refractivity contribution in [3.8, 4) is 6.01 Å². The van der Waals surface area contributed by atoms with Crippen molar-refractivity contribution in [1.29, 1.82) is 0 Å². The number of imidazole rings is 1. The number of carbonyl (C=O) groups excluding carboxylic acids is 2. The van der Waals surface area contributed by atoms with Gasteiger partial charge in [-0.25, -0.2) is 9.37 Å².